The lowest BCUT2D eigenvalue weighted by molar-refractivity contribution is -0.149. The molecule has 0 unspecified atom stereocenters. The summed E-state index contributed by atoms with van der Waals surface area (Å²) in [6.45, 7) is 1.45. The fraction of sp³-hybridized carbons (Fsp3) is 0.571. The molecule has 28 heavy (non-hydrogen) atoms. The molecule has 1 saturated heterocycles. The Hall–Kier alpha value is -2.57. The van der Waals surface area contributed by atoms with Crippen LogP contribution in [-0.2, 0) is 19.1 Å². The highest BCUT2D eigenvalue weighted by Crippen LogP contribution is 2.34. The summed E-state index contributed by atoms with van der Waals surface area (Å²) in [6, 6.07) is 9.88. The molecule has 1 heterocycles. The van der Waals surface area contributed by atoms with Gasteiger partial charge in [0.05, 0.1) is 20.1 Å². The zero-order valence-corrected chi connectivity index (χ0v) is 16.4. The first-order valence-electron chi connectivity index (χ1n) is 9.79. The number of benzene rings is 1. The molecule has 2 aliphatic rings. The van der Waals surface area contributed by atoms with E-state index in [1.165, 1.54) is 19.8 Å². The Labute approximate surface area is 165 Å². The van der Waals surface area contributed by atoms with Crippen LogP contribution < -0.4 is 5.32 Å². The molecule has 152 valence electrons. The van der Waals surface area contributed by atoms with Crippen LogP contribution in [0, 0.1) is 11.8 Å². The van der Waals surface area contributed by atoms with Gasteiger partial charge < -0.3 is 19.7 Å². The van der Waals surface area contributed by atoms with Gasteiger partial charge in [0.2, 0.25) is 5.91 Å². The zero-order chi connectivity index (χ0) is 20.1. The van der Waals surface area contributed by atoms with Crippen molar-refractivity contribution in [3.8, 4) is 0 Å². The first kappa shape index (κ1) is 20.2. The van der Waals surface area contributed by atoms with Crippen LogP contribution in [0.25, 0.3) is 0 Å². The summed E-state index contributed by atoms with van der Waals surface area (Å²) in [5, 5.41) is 2.70. The fourth-order valence-electron chi connectivity index (χ4n) is 4.41. The van der Waals surface area contributed by atoms with Gasteiger partial charge in [-0.25, -0.2) is 4.79 Å². The predicted molar refractivity (Wildman–Crippen MR) is 103 cm³/mol. The monoisotopic (exact) mass is 388 g/mol. The van der Waals surface area contributed by atoms with Gasteiger partial charge in [0.15, 0.2) is 0 Å². The molecule has 1 saturated carbocycles. The molecule has 0 radical (unpaired) electrons. The Morgan fingerprint density at radius 1 is 1.04 bits per heavy atom. The number of esters is 1. The lowest BCUT2D eigenvalue weighted by Gasteiger charge is -2.35. The molecule has 7 nitrogen and oxygen atoms in total. The highest BCUT2D eigenvalue weighted by atomic mass is 16.5. The van der Waals surface area contributed by atoms with Crippen molar-refractivity contribution in [1.29, 1.82) is 0 Å². The lowest BCUT2D eigenvalue weighted by atomic mass is 9.77. The second-order valence-corrected chi connectivity index (χ2v) is 7.56. The molecule has 2 fully saturated rings. The van der Waals surface area contributed by atoms with Crippen LogP contribution in [0.1, 0.15) is 37.2 Å². The Bertz CT molecular complexity index is 708. The topological polar surface area (TPSA) is 84.9 Å². The van der Waals surface area contributed by atoms with Crippen LogP contribution in [-0.4, -0.2) is 56.2 Å². The maximum atomic E-state index is 13.1. The lowest BCUT2D eigenvalue weighted by Crippen LogP contribution is -2.49. The molecule has 1 aliphatic heterocycles. The molecule has 0 bridgehead atoms. The highest BCUT2D eigenvalue weighted by molar-refractivity contribution is 5.81. The SMILES string of the molecule is COC(=O)N[C@H]1CC[C@@H](C(=O)N2CC[C@H](c3ccccc3)C2)C[C@@H]1C(=O)OC. The average Bonchev–Trinajstić information content (AvgIpc) is 3.23. The number of hydrogen-bond donors (Lipinski definition) is 1. The van der Waals surface area contributed by atoms with Crippen molar-refractivity contribution in [3.05, 3.63) is 35.9 Å². The summed E-state index contributed by atoms with van der Waals surface area (Å²) in [6.07, 6.45) is 1.94. The van der Waals surface area contributed by atoms with Crippen molar-refractivity contribution in [3.63, 3.8) is 0 Å². The van der Waals surface area contributed by atoms with E-state index in [9.17, 15) is 14.4 Å². The summed E-state index contributed by atoms with van der Waals surface area (Å²) in [4.78, 5) is 38.8. The summed E-state index contributed by atoms with van der Waals surface area (Å²) in [7, 11) is 2.61. The van der Waals surface area contributed by atoms with Gasteiger partial charge in [0.1, 0.15) is 0 Å². The molecule has 1 aliphatic carbocycles. The van der Waals surface area contributed by atoms with Crippen molar-refractivity contribution < 1.29 is 23.9 Å². The van der Waals surface area contributed by atoms with Crippen LogP contribution in [0.15, 0.2) is 30.3 Å². The van der Waals surface area contributed by atoms with E-state index in [4.69, 9.17) is 4.74 Å². The number of nitrogens with zero attached hydrogens (tertiary/aromatic N) is 1. The first-order chi connectivity index (χ1) is 13.5. The number of carbonyl (C=O) groups excluding carboxylic acids is 3. The Kier molecular flexibility index (Phi) is 6.54. The molecular weight excluding hydrogens is 360 g/mol. The van der Waals surface area contributed by atoms with Crippen LogP contribution in [0.5, 0.6) is 0 Å². The quantitative estimate of drug-likeness (QED) is 0.800. The van der Waals surface area contributed by atoms with E-state index in [1.807, 2.05) is 23.1 Å². The molecule has 1 N–H and O–H groups in total. The normalized spacial score (nSPS) is 27.1. The number of amides is 2. The molecule has 4 atom stereocenters. The second-order valence-electron chi connectivity index (χ2n) is 7.56. The Morgan fingerprint density at radius 3 is 2.46 bits per heavy atom. The van der Waals surface area contributed by atoms with E-state index in [-0.39, 0.29) is 17.9 Å². The van der Waals surface area contributed by atoms with E-state index in [0.29, 0.717) is 31.7 Å². The Balaban J connectivity index is 1.63. The van der Waals surface area contributed by atoms with E-state index < -0.39 is 18.0 Å². The highest BCUT2D eigenvalue weighted by Gasteiger charge is 2.41. The molecule has 0 spiro atoms. The summed E-state index contributed by atoms with van der Waals surface area (Å²) in [5.41, 5.74) is 1.26. The minimum atomic E-state index is -0.575. The van der Waals surface area contributed by atoms with Crippen molar-refractivity contribution in [1.82, 2.24) is 10.2 Å². The average molecular weight is 388 g/mol. The van der Waals surface area contributed by atoms with Gasteiger partial charge in [-0.1, -0.05) is 30.3 Å². The molecule has 3 rings (SSSR count). The van der Waals surface area contributed by atoms with E-state index >= 15 is 0 Å². The zero-order valence-electron chi connectivity index (χ0n) is 16.4. The third-order valence-corrected chi connectivity index (χ3v) is 5.96. The standard InChI is InChI=1S/C21H28N2O5/c1-27-20(25)17-12-15(8-9-18(17)22-21(26)28-2)19(24)23-11-10-16(13-23)14-6-4-3-5-7-14/h3-7,15-18H,8-13H2,1-2H3,(H,22,26)/t15-,16+,17+,18+/m1/s1. The number of ether oxygens (including phenoxy) is 2. The van der Waals surface area contributed by atoms with E-state index in [0.717, 1.165) is 13.0 Å². The molecule has 0 aromatic heterocycles. The predicted octanol–water partition coefficient (Wildman–Crippen LogP) is 2.32. The number of nitrogens with one attached hydrogen (secondary N) is 1. The van der Waals surface area contributed by atoms with Crippen LogP contribution in [0.4, 0.5) is 4.79 Å². The smallest absolute Gasteiger partial charge is 0.407 e. The van der Waals surface area contributed by atoms with Gasteiger partial charge in [-0.05, 0) is 31.2 Å². The van der Waals surface area contributed by atoms with Crippen molar-refractivity contribution >= 4 is 18.0 Å². The summed E-state index contributed by atoms with van der Waals surface area (Å²) >= 11 is 0. The molecule has 7 heteroatoms. The van der Waals surface area contributed by atoms with Crippen LogP contribution in [0.2, 0.25) is 0 Å². The van der Waals surface area contributed by atoms with E-state index in [1.54, 1.807) is 0 Å². The largest absolute Gasteiger partial charge is 0.469 e. The van der Waals surface area contributed by atoms with Gasteiger partial charge in [-0.2, -0.15) is 0 Å². The van der Waals surface area contributed by atoms with Crippen LogP contribution >= 0.6 is 0 Å². The van der Waals surface area contributed by atoms with Crippen molar-refractivity contribution in [2.75, 3.05) is 27.3 Å². The minimum absolute atomic E-state index is 0.101. The fourth-order valence-corrected chi connectivity index (χ4v) is 4.41. The first-order valence-corrected chi connectivity index (χ1v) is 9.79. The van der Waals surface area contributed by atoms with E-state index in [2.05, 4.69) is 22.2 Å². The number of alkyl carbamates (subject to hydrolysis) is 1. The van der Waals surface area contributed by atoms with Crippen LogP contribution in [0.3, 0.4) is 0 Å². The number of likely N-dealkylation sites (tertiary alicyclic amines) is 1. The van der Waals surface area contributed by atoms with Crippen molar-refractivity contribution in [2.24, 2.45) is 11.8 Å². The molecule has 1 aromatic carbocycles. The number of rotatable bonds is 4. The van der Waals surface area contributed by atoms with Crippen molar-refractivity contribution in [2.45, 2.75) is 37.6 Å². The number of hydrogen-bond acceptors (Lipinski definition) is 5. The maximum Gasteiger partial charge on any atom is 0.407 e. The van der Waals surface area contributed by atoms with Gasteiger partial charge in [0, 0.05) is 31.0 Å². The maximum absolute atomic E-state index is 13.1. The minimum Gasteiger partial charge on any atom is -0.469 e. The van der Waals surface area contributed by atoms with Gasteiger partial charge in [-0.3, -0.25) is 9.59 Å². The number of methoxy groups -OCH3 is 2. The second kappa shape index (κ2) is 9.08. The Morgan fingerprint density at radius 2 is 1.79 bits per heavy atom. The third-order valence-electron chi connectivity index (χ3n) is 5.96. The number of carbonyl (C=O) groups is 3. The summed E-state index contributed by atoms with van der Waals surface area (Å²) in [5.74, 6) is -0.709. The summed E-state index contributed by atoms with van der Waals surface area (Å²) < 4.78 is 9.55. The molecular formula is C21H28N2O5. The third kappa shape index (κ3) is 4.46. The molecule has 2 amide bonds. The van der Waals surface area contributed by atoms with Gasteiger partial charge in [0.25, 0.3) is 0 Å². The van der Waals surface area contributed by atoms with Gasteiger partial charge >= 0.3 is 12.1 Å². The molecule has 1 aromatic rings. The van der Waals surface area contributed by atoms with Gasteiger partial charge in [-0.15, -0.1) is 0 Å².